The van der Waals surface area contributed by atoms with E-state index < -0.39 is 6.03 Å². The molecule has 0 aliphatic carbocycles. The van der Waals surface area contributed by atoms with Crippen LogP contribution in [-0.2, 0) is 17.9 Å². The molecular formula is C26H23ClN2O4. The minimum atomic E-state index is -0.443. The average molecular weight is 463 g/mol. The van der Waals surface area contributed by atoms with E-state index in [4.69, 9.17) is 21.1 Å². The van der Waals surface area contributed by atoms with Gasteiger partial charge in [0.25, 0.3) is 5.91 Å². The topological polar surface area (TPSA) is 67.9 Å². The molecule has 0 bridgehead atoms. The van der Waals surface area contributed by atoms with Gasteiger partial charge in [-0.2, -0.15) is 0 Å². The summed E-state index contributed by atoms with van der Waals surface area (Å²) in [6, 6.07) is 20.0. The van der Waals surface area contributed by atoms with Gasteiger partial charge in [0.1, 0.15) is 12.3 Å². The standard InChI is InChI=1S/C26H23ClN2O4/c1-17-3-5-18(6-4-17)15-29-25(30)22(28-26(29)31)13-20-9-12-23(24(14-20)32-2)33-16-19-7-10-21(27)11-8-19/h3-14H,15-16H2,1-2H3,(H,28,31)/b22-13+. The van der Waals surface area contributed by atoms with Crippen LogP contribution in [0, 0.1) is 6.92 Å². The number of amides is 3. The predicted molar refractivity (Wildman–Crippen MR) is 127 cm³/mol. The second-order valence-electron chi connectivity index (χ2n) is 7.69. The molecule has 168 valence electrons. The highest BCUT2D eigenvalue weighted by atomic mass is 35.5. The summed E-state index contributed by atoms with van der Waals surface area (Å²) in [6.45, 7) is 2.56. The van der Waals surface area contributed by atoms with Gasteiger partial charge in [0.05, 0.1) is 13.7 Å². The number of methoxy groups -OCH3 is 1. The van der Waals surface area contributed by atoms with Crippen LogP contribution < -0.4 is 14.8 Å². The van der Waals surface area contributed by atoms with Crippen molar-refractivity contribution in [3.8, 4) is 11.5 Å². The molecule has 1 saturated heterocycles. The fraction of sp³-hybridized carbons (Fsp3) is 0.154. The van der Waals surface area contributed by atoms with Crippen molar-refractivity contribution < 1.29 is 19.1 Å². The van der Waals surface area contributed by atoms with Crippen molar-refractivity contribution in [2.45, 2.75) is 20.1 Å². The Balaban J connectivity index is 1.47. The summed E-state index contributed by atoms with van der Waals surface area (Å²) in [5.41, 5.74) is 3.89. The van der Waals surface area contributed by atoms with E-state index in [2.05, 4.69) is 5.32 Å². The molecule has 1 N–H and O–H groups in total. The van der Waals surface area contributed by atoms with E-state index in [-0.39, 0.29) is 18.1 Å². The number of nitrogens with one attached hydrogen (secondary N) is 1. The van der Waals surface area contributed by atoms with Crippen molar-refractivity contribution in [1.82, 2.24) is 10.2 Å². The molecule has 3 aromatic carbocycles. The van der Waals surface area contributed by atoms with Crippen LogP contribution in [0.5, 0.6) is 11.5 Å². The van der Waals surface area contributed by atoms with Gasteiger partial charge in [0.15, 0.2) is 11.5 Å². The SMILES string of the molecule is COc1cc(/C=C2/NC(=O)N(Cc3ccc(C)cc3)C2=O)ccc1OCc1ccc(Cl)cc1. The molecule has 1 aliphatic heterocycles. The second kappa shape index (κ2) is 9.79. The van der Waals surface area contributed by atoms with Gasteiger partial charge >= 0.3 is 6.03 Å². The molecule has 3 amide bonds. The maximum atomic E-state index is 12.8. The number of halogens is 1. The number of hydrogen-bond donors (Lipinski definition) is 1. The molecule has 0 atom stereocenters. The fourth-order valence-electron chi connectivity index (χ4n) is 3.39. The number of benzene rings is 3. The van der Waals surface area contributed by atoms with Gasteiger partial charge in [-0.25, -0.2) is 4.79 Å². The highest BCUT2D eigenvalue weighted by Gasteiger charge is 2.33. The smallest absolute Gasteiger partial charge is 0.329 e. The molecule has 4 rings (SSSR count). The average Bonchev–Trinajstić information content (AvgIpc) is 3.07. The molecule has 0 unspecified atom stereocenters. The van der Waals surface area contributed by atoms with Gasteiger partial charge in [-0.1, -0.05) is 59.6 Å². The zero-order chi connectivity index (χ0) is 23.4. The Labute approximate surface area is 197 Å². The van der Waals surface area contributed by atoms with Crippen molar-refractivity contribution in [3.63, 3.8) is 0 Å². The Morgan fingerprint density at radius 1 is 0.939 bits per heavy atom. The van der Waals surface area contributed by atoms with Gasteiger partial charge in [0.2, 0.25) is 0 Å². The molecule has 0 saturated carbocycles. The number of ether oxygens (including phenoxy) is 2. The number of aryl methyl sites for hydroxylation is 1. The molecule has 3 aromatic rings. The van der Waals surface area contributed by atoms with E-state index in [1.54, 1.807) is 31.4 Å². The molecule has 1 fully saturated rings. The van der Waals surface area contributed by atoms with Gasteiger partial charge in [-0.3, -0.25) is 9.69 Å². The Morgan fingerprint density at radius 2 is 1.64 bits per heavy atom. The predicted octanol–water partition coefficient (Wildman–Crippen LogP) is 5.33. The summed E-state index contributed by atoms with van der Waals surface area (Å²) in [5, 5.41) is 3.32. The van der Waals surface area contributed by atoms with Crippen LogP contribution in [0.2, 0.25) is 5.02 Å². The first-order chi connectivity index (χ1) is 15.9. The minimum Gasteiger partial charge on any atom is -0.493 e. The zero-order valence-corrected chi connectivity index (χ0v) is 19.1. The molecule has 1 aliphatic rings. The summed E-state index contributed by atoms with van der Waals surface area (Å²) in [5.74, 6) is 0.714. The molecule has 1 heterocycles. The van der Waals surface area contributed by atoms with Gasteiger partial charge in [-0.05, 0) is 54.0 Å². The normalized spacial score (nSPS) is 14.5. The summed E-state index contributed by atoms with van der Waals surface area (Å²) in [7, 11) is 1.55. The highest BCUT2D eigenvalue weighted by Crippen LogP contribution is 2.30. The summed E-state index contributed by atoms with van der Waals surface area (Å²) in [4.78, 5) is 26.4. The maximum absolute atomic E-state index is 12.8. The number of nitrogens with zero attached hydrogens (tertiary/aromatic N) is 1. The summed E-state index contributed by atoms with van der Waals surface area (Å²) in [6.07, 6.45) is 1.63. The number of carbonyl (C=O) groups excluding carboxylic acids is 2. The van der Waals surface area contributed by atoms with Gasteiger partial charge in [-0.15, -0.1) is 0 Å². The first-order valence-electron chi connectivity index (χ1n) is 10.4. The third-order valence-corrected chi connectivity index (χ3v) is 5.48. The molecule has 0 aromatic heterocycles. The van der Waals surface area contributed by atoms with E-state index >= 15 is 0 Å². The summed E-state index contributed by atoms with van der Waals surface area (Å²) < 4.78 is 11.3. The van der Waals surface area contributed by atoms with Crippen molar-refractivity contribution >= 4 is 29.6 Å². The zero-order valence-electron chi connectivity index (χ0n) is 18.3. The van der Waals surface area contributed by atoms with Crippen molar-refractivity contribution in [3.05, 3.63) is 99.7 Å². The summed E-state index contributed by atoms with van der Waals surface area (Å²) >= 11 is 5.92. The van der Waals surface area contributed by atoms with E-state index in [1.807, 2.05) is 55.5 Å². The lowest BCUT2D eigenvalue weighted by Gasteiger charge is -2.12. The van der Waals surface area contributed by atoms with E-state index in [1.165, 1.54) is 4.90 Å². The van der Waals surface area contributed by atoms with Gasteiger partial charge in [0, 0.05) is 5.02 Å². The van der Waals surface area contributed by atoms with E-state index in [0.29, 0.717) is 28.7 Å². The lowest BCUT2D eigenvalue weighted by molar-refractivity contribution is -0.123. The quantitative estimate of drug-likeness (QED) is 0.380. The number of rotatable bonds is 7. The largest absolute Gasteiger partial charge is 0.493 e. The van der Waals surface area contributed by atoms with Crippen LogP contribution >= 0.6 is 11.6 Å². The Bertz CT molecular complexity index is 1200. The van der Waals surface area contributed by atoms with Crippen molar-refractivity contribution in [2.75, 3.05) is 7.11 Å². The van der Waals surface area contributed by atoms with Crippen LogP contribution in [0.15, 0.2) is 72.4 Å². The number of urea groups is 1. The lowest BCUT2D eigenvalue weighted by Crippen LogP contribution is -2.30. The van der Waals surface area contributed by atoms with Crippen molar-refractivity contribution in [1.29, 1.82) is 0 Å². The van der Waals surface area contributed by atoms with Crippen molar-refractivity contribution in [2.24, 2.45) is 0 Å². The first-order valence-corrected chi connectivity index (χ1v) is 10.8. The Morgan fingerprint density at radius 3 is 2.33 bits per heavy atom. The number of hydrogen-bond acceptors (Lipinski definition) is 4. The third-order valence-electron chi connectivity index (χ3n) is 5.23. The van der Waals surface area contributed by atoms with Crippen LogP contribution in [0.1, 0.15) is 22.3 Å². The second-order valence-corrected chi connectivity index (χ2v) is 8.13. The monoisotopic (exact) mass is 462 g/mol. The number of carbonyl (C=O) groups is 2. The Kier molecular flexibility index (Phi) is 6.66. The lowest BCUT2D eigenvalue weighted by atomic mass is 10.1. The fourth-order valence-corrected chi connectivity index (χ4v) is 3.52. The van der Waals surface area contributed by atoms with E-state index in [9.17, 15) is 9.59 Å². The maximum Gasteiger partial charge on any atom is 0.329 e. The highest BCUT2D eigenvalue weighted by molar-refractivity contribution is 6.30. The molecule has 0 spiro atoms. The molecular weight excluding hydrogens is 440 g/mol. The van der Waals surface area contributed by atoms with E-state index in [0.717, 1.165) is 16.7 Å². The first kappa shape index (κ1) is 22.4. The Hall–Kier alpha value is -3.77. The molecule has 0 radical (unpaired) electrons. The number of imide groups is 1. The third kappa shape index (κ3) is 5.35. The molecule has 7 heteroatoms. The van der Waals surface area contributed by atoms with Crippen LogP contribution in [0.3, 0.4) is 0 Å². The van der Waals surface area contributed by atoms with Crippen LogP contribution in [0.25, 0.3) is 6.08 Å². The van der Waals surface area contributed by atoms with Gasteiger partial charge < -0.3 is 14.8 Å². The minimum absolute atomic E-state index is 0.211. The van der Waals surface area contributed by atoms with Crippen LogP contribution in [-0.4, -0.2) is 23.9 Å². The van der Waals surface area contributed by atoms with Crippen LogP contribution in [0.4, 0.5) is 4.79 Å². The molecule has 33 heavy (non-hydrogen) atoms. The molecule has 6 nitrogen and oxygen atoms in total.